The number of rotatable bonds is 6. The molecule has 0 unspecified atom stereocenters. The van der Waals surface area contributed by atoms with Gasteiger partial charge in [0.2, 0.25) is 0 Å². The van der Waals surface area contributed by atoms with E-state index in [2.05, 4.69) is 15.3 Å². The first-order valence-corrected chi connectivity index (χ1v) is 7.66. The summed E-state index contributed by atoms with van der Waals surface area (Å²) in [6, 6.07) is 16.7. The number of ether oxygens (including phenoxy) is 1. The lowest BCUT2D eigenvalue weighted by Gasteiger charge is -2.04. The Morgan fingerprint density at radius 1 is 1.00 bits per heavy atom. The maximum atomic E-state index is 12.1. The van der Waals surface area contributed by atoms with Gasteiger partial charge in [-0.25, -0.2) is 4.98 Å². The van der Waals surface area contributed by atoms with Crippen LogP contribution >= 0.6 is 0 Å². The van der Waals surface area contributed by atoms with Crippen LogP contribution < -0.4 is 10.1 Å². The maximum Gasteiger partial charge on any atom is 0.270 e. The number of fused-ring (bicyclic) bond motifs is 1. The molecule has 0 fully saturated rings. The fraction of sp³-hybridized carbons (Fsp3) is 0.105. The van der Waals surface area contributed by atoms with Crippen LogP contribution in [0.25, 0.3) is 11.0 Å². The van der Waals surface area contributed by atoms with Crippen molar-refractivity contribution in [1.82, 2.24) is 15.3 Å². The molecule has 1 amide bonds. The summed E-state index contributed by atoms with van der Waals surface area (Å²) in [5.74, 6) is 0.606. The summed E-state index contributed by atoms with van der Waals surface area (Å²) in [6.07, 6.45) is 5.42. The van der Waals surface area contributed by atoms with Gasteiger partial charge >= 0.3 is 0 Å². The Bertz CT molecular complexity index is 847. The number of hydrogen-bond donors (Lipinski definition) is 1. The van der Waals surface area contributed by atoms with Crippen LogP contribution in [0.2, 0.25) is 0 Å². The van der Waals surface area contributed by atoms with Gasteiger partial charge in [0.15, 0.2) is 0 Å². The van der Waals surface area contributed by atoms with Gasteiger partial charge in [-0.15, -0.1) is 0 Å². The topological polar surface area (TPSA) is 64.1 Å². The molecule has 2 aromatic heterocycles. The molecule has 120 valence electrons. The van der Waals surface area contributed by atoms with Crippen molar-refractivity contribution in [3.8, 4) is 5.75 Å². The molecule has 0 saturated carbocycles. The van der Waals surface area contributed by atoms with Crippen molar-refractivity contribution in [3.63, 3.8) is 0 Å². The minimum Gasteiger partial charge on any atom is -0.490 e. The molecule has 1 aromatic carbocycles. The predicted molar refractivity (Wildman–Crippen MR) is 92.9 cm³/mol. The molecule has 0 aliphatic heterocycles. The highest BCUT2D eigenvalue weighted by Gasteiger charge is 2.06. The second-order valence-corrected chi connectivity index (χ2v) is 5.04. The molecule has 0 saturated heterocycles. The van der Waals surface area contributed by atoms with Crippen LogP contribution in [0.5, 0.6) is 5.75 Å². The van der Waals surface area contributed by atoms with E-state index in [9.17, 15) is 4.79 Å². The Balaban J connectivity index is 1.47. The maximum absolute atomic E-state index is 12.1. The zero-order chi connectivity index (χ0) is 16.6. The molecular weight excluding hydrogens is 302 g/mol. The van der Waals surface area contributed by atoms with Gasteiger partial charge in [0.25, 0.3) is 5.91 Å². The predicted octanol–water partition coefficient (Wildman–Crippen LogP) is 2.99. The third-order valence-corrected chi connectivity index (χ3v) is 3.33. The van der Waals surface area contributed by atoms with Gasteiger partial charge in [-0.1, -0.05) is 24.3 Å². The quantitative estimate of drug-likeness (QED) is 0.709. The van der Waals surface area contributed by atoms with Crippen molar-refractivity contribution in [1.29, 1.82) is 0 Å². The molecule has 0 atom stereocenters. The average Bonchev–Trinajstić information content (AvgIpc) is 2.65. The fourth-order valence-electron chi connectivity index (χ4n) is 2.14. The van der Waals surface area contributed by atoms with E-state index >= 15 is 0 Å². The largest absolute Gasteiger partial charge is 0.490 e. The van der Waals surface area contributed by atoms with E-state index in [4.69, 9.17) is 4.74 Å². The minimum atomic E-state index is -0.214. The number of nitrogens with zero attached hydrogens (tertiary/aromatic N) is 2. The van der Waals surface area contributed by atoms with Crippen molar-refractivity contribution < 1.29 is 9.53 Å². The fourth-order valence-corrected chi connectivity index (χ4v) is 2.14. The van der Waals surface area contributed by atoms with Gasteiger partial charge in [-0.2, -0.15) is 0 Å². The van der Waals surface area contributed by atoms with E-state index in [-0.39, 0.29) is 5.91 Å². The average molecular weight is 319 g/mol. The van der Waals surface area contributed by atoms with Crippen molar-refractivity contribution >= 4 is 16.9 Å². The first-order valence-electron chi connectivity index (χ1n) is 7.66. The lowest BCUT2D eigenvalue weighted by Crippen LogP contribution is -2.24. The van der Waals surface area contributed by atoms with Gasteiger partial charge in [0, 0.05) is 12.7 Å². The van der Waals surface area contributed by atoms with Crippen LogP contribution in [-0.2, 0) is 0 Å². The zero-order valence-electron chi connectivity index (χ0n) is 13.1. The van der Waals surface area contributed by atoms with Crippen molar-refractivity contribution in [2.75, 3.05) is 13.2 Å². The summed E-state index contributed by atoms with van der Waals surface area (Å²) in [5, 5.41) is 2.80. The van der Waals surface area contributed by atoms with Gasteiger partial charge in [-0.05, 0) is 42.5 Å². The van der Waals surface area contributed by atoms with Crippen LogP contribution in [-0.4, -0.2) is 29.0 Å². The molecule has 2 heterocycles. The summed E-state index contributed by atoms with van der Waals surface area (Å²) in [6.45, 7) is 0.878. The number of carbonyl (C=O) groups is 1. The van der Waals surface area contributed by atoms with Gasteiger partial charge < -0.3 is 10.1 Å². The third kappa shape index (κ3) is 4.16. The Morgan fingerprint density at radius 2 is 1.88 bits per heavy atom. The molecule has 0 spiro atoms. The standard InChI is InChI=1S/C19H17N3O2/c23-19(18-11-10-16-17(22-18)9-6-13-20-16)21-12-4-5-14-24-15-7-2-1-3-8-15/h1-11,13H,12,14H2,(H,21,23). The van der Waals surface area contributed by atoms with Crippen LogP contribution in [0.1, 0.15) is 10.5 Å². The molecule has 0 radical (unpaired) electrons. The highest BCUT2D eigenvalue weighted by atomic mass is 16.5. The smallest absolute Gasteiger partial charge is 0.270 e. The molecule has 5 nitrogen and oxygen atoms in total. The zero-order valence-corrected chi connectivity index (χ0v) is 13.1. The first kappa shape index (κ1) is 15.7. The molecule has 5 heteroatoms. The highest BCUT2D eigenvalue weighted by molar-refractivity contribution is 5.94. The summed E-state index contributed by atoms with van der Waals surface area (Å²) >= 11 is 0. The summed E-state index contributed by atoms with van der Waals surface area (Å²) < 4.78 is 5.53. The Kier molecular flexibility index (Phi) is 5.14. The van der Waals surface area contributed by atoms with Crippen LogP contribution in [0.15, 0.2) is 72.9 Å². The monoisotopic (exact) mass is 319 g/mol. The number of hydrogen-bond acceptors (Lipinski definition) is 4. The number of benzene rings is 1. The van der Waals surface area contributed by atoms with E-state index in [0.717, 1.165) is 11.3 Å². The Labute approximate surface area is 140 Å². The third-order valence-electron chi connectivity index (χ3n) is 3.33. The normalized spacial score (nSPS) is 10.8. The van der Waals surface area contributed by atoms with Gasteiger partial charge in [0.05, 0.1) is 11.0 Å². The lowest BCUT2D eigenvalue weighted by atomic mass is 10.2. The molecule has 3 rings (SSSR count). The number of pyridine rings is 2. The number of aromatic nitrogens is 2. The SMILES string of the molecule is O=C(NCC=CCOc1ccccc1)c1ccc2ncccc2n1. The molecule has 1 N–H and O–H groups in total. The van der Waals surface area contributed by atoms with E-state index in [1.165, 1.54) is 0 Å². The summed E-state index contributed by atoms with van der Waals surface area (Å²) in [7, 11) is 0. The van der Waals surface area contributed by atoms with Crippen LogP contribution in [0, 0.1) is 0 Å². The number of nitrogens with one attached hydrogen (secondary N) is 1. The molecule has 0 bridgehead atoms. The lowest BCUT2D eigenvalue weighted by molar-refractivity contribution is 0.0953. The first-order chi connectivity index (χ1) is 11.8. The summed E-state index contributed by atoms with van der Waals surface area (Å²) in [4.78, 5) is 20.6. The second-order valence-electron chi connectivity index (χ2n) is 5.04. The number of para-hydroxylation sites is 1. The van der Waals surface area contributed by atoms with Crippen molar-refractivity contribution in [2.24, 2.45) is 0 Å². The van der Waals surface area contributed by atoms with E-state index < -0.39 is 0 Å². The van der Waals surface area contributed by atoms with Gasteiger partial charge in [0.1, 0.15) is 18.1 Å². The van der Waals surface area contributed by atoms with Crippen LogP contribution in [0.3, 0.4) is 0 Å². The molecular formula is C19H17N3O2. The van der Waals surface area contributed by atoms with Crippen molar-refractivity contribution in [2.45, 2.75) is 0 Å². The van der Waals surface area contributed by atoms with E-state index in [1.54, 1.807) is 24.4 Å². The Morgan fingerprint density at radius 3 is 2.75 bits per heavy atom. The molecule has 0 aliphatic rings. The molecule has 3 aromatic rings. The minimum absolute atomic E-state index is 0.214. The molecule has 0 aliphatic carbocycles. The van der Waals surface area contributed by atoms with E-state index in [1.807, 2.05) is 48.6 Å². The van der Waals surface area contributed by atoms with Crippen LogP contribution in [0.4, 0.5) is 0 Å². The number of carbonyl (C=O) groups excluding carboxylic acids is 1. The van der Waals surface area contributed by atoms with E-state index in [0.29, 0.717) is 24.4 Å². The van der Waals surface area contributed by atoms with Crippen molar-refractivity contribution in [3.05, 3.63) is 78.6 Å². The number of amides is 1. The summed E-state index contributed by atoms with van der Waals surface area (Å²) in [5.41, 5.74) is 1.85. The highest BCUT2D eigenvalue weighted by Crippen LogP contribution is 2.09. The van der Waals surface area contributed by atoms with Gasteiger partial charge in [-0.3, -0.25) is 9.78 Å². The Hall–Kier alpha value is -3.21. The second kappa shape index (κ2) is 7.87. The molecule has 24 heavy (non-hydrogen) atoms.